The molecule has 1 aliphatic rings. The fraction of sp³-hybridized carbons (Fsp3) is 0.308. The van der Waals surface area contributed by atoms with E-state index in [-0.39, 0.29) is 11.8 Å². The Hall–Kier alpha value is -1.30. The molecule has 3 rings (SSSR count). The highest BCUT2D eigenvalue weighted by Gasteiger charge is 2.24. The van der Waals surface area contributed by atoms with Crippen molar-refractivity contribution in [1.82, 2.24) is 4.98 Å². The molecule has 1 aromatic heterocycles. The fourth-order valence-corrected chi connectivity index (χ4v) is 3.24. The van der Waals surface area contributed by atoms with Crippen molar-refractivity contribution in [1.29, 1.82) is 0 Å². The number of nitrogens with one attached hydrogen (secondary N) is 1. The number of benzene rings is 1. The molecule has 2 aromatic rings. The van der Waals surface area contributed by atoms with Gasteiger partial charge in [-0.25, -0.2) is 0 Å². The average molecular weight is 297 g/mol. The van der Waals surface area contributed by atoms with Crippen molar-refractivity contribution in [3.63, 3.8) is 0 Å². The molecule has 1 aromatic carbocycles. The van der Waals surface area contributed by atoms with Crippen molar-refractivity contribution in [3.05, 3.63) is 34.2 Å². The van der Waals surface area contributed by atoms with Crippen LogP contribution in [0.1, 0.15) is 17.2 Å². The molecule has 0 saturated carbocycles. The summed E-state index contributed by atoms with van der Waals surface area (Å²) in [6.07, 6.45) is 0.932. The summed E-state index contributed by atoms with van der Waals surface area (Å²) in [5, 5.41) is 14.3. The van der Waals surface area contributed by atoms with Crippen molar-refractivity contribution in [3.8, 4) is 5.88 Å². The Kier molecular flexibility index (Phi) is 3.59. The van der Waals surface area contributed by atoms with Crippen LogP contribution in [0.2, 0.25) is 5.02 Å². The SMILES string of the molecule is Oc1nc(Nc2ccccc2Cl)sc1C1CCOC1. The van der Waals surface area contributed by atoms with Gasteiger partial charge in [-0.3, -0.25) is 0 Å². The Labute approximate surface area is 120 Å². The molecule has 0 bridgehead atoms. The molecule has 0 radical (unpaired) electrons. The van der Waals surface area contributed by atoms with Gasteiger partial charge in [-0.2, -0.15) is 4.98 Å². The van der Waals surface area contributed by atoms with Gasteiger partial charge in [0.25, 0.3) is 0 Å². The van der Waals surface area contributed by atoms with E-state index in [0.29, 0.717) is 16.8 Å². The maximum Gasteiger partial charge on any atom is 0.227 e. The lowest BCUT2D eigenvalue weighted by atomic mass is 10.1. The first-order valence-electron chi connectivity index (χ1n) is 6.03. The first kappa shape index (κ1) is 12.7. The lowest BCUT2D eigenvalue weighted by Crippen LogP contribution is -1.94. The van der Waals surface area contributed by atoms with Gasteiger partial charge in [0.2, 0.25) is 5.88 Å². The summed E-state index contributed by atoms with van der Waals surface area (Å²) in [5.74, 6) is 0.342. The number of hydrogen-bond acceptors (Lipinski definition) is 5. The van der Waals surface area contributed by atoms with Crippen molar-refractivity contribution in [2.45, 2.75) is 12.3 Å². The molecule has 2 N–H and O–H groups in total. The van der Waals surface area contributed by atoms with E-state index in [1.54, 1.807) is 0 Å². The fourth-order valence-electron chi connectivity index (χ4n) is 2.06. The summed E-state index contributed by atoms with van der Waals surface area (Å²) in [5.41, 5.74) is 0.784. The third-order valence-corrected chi connectivity index (χ3v) is 4.50. The van der Waals surface area contributed by atoms with Gasteiger partial charge in [0.1, 0.15) is 0 Å². The Bertz CT molecular complexity index is 582. The highest BCUT2D eigenvalue weighted by atomic mass is 35.5. The van der Waals surface area contributed by atoms with Crippen molar-refractivity contribution >= 4 is 33.8 Å². The van der Waals surface area contributed by atoms with Crippen LogP contribution in [0.3, 0.4) is 0 Å². The minimum atomic E-state index is 0.0926. The van der Waals surface area contributed by atoms with Crippen molar-refractivity contribution < 1.29 is 9.84 Å². The monoisotopic (exact) mass is 296 g/mol. The van der Waals surface area contributed by atoms with Crippen LogP contribution in [0.4, 0.5) is 10.8 Å². The second-order valence-corrected chi connectivity index (χ2v) is 5.81. The van der Waals surface area contributed by atoms with E-state index < -0.39 is 0 Å². The smallest absolute Gasteiger partial charge is 0.227 e. The summed E-state index contributed by atoms with van der Waals surface area (Å²) in [6.45, 7) is 1.40. The van der Waals surface area contributed by atoms with E-state index in [0.717, 1.165) is 23.6 Å². The minimum Gasteiger partial charge on any atom is -0.492 e. The normalized spacial score (nSPS) is 18.7. The van der Waals surface area contributed by atoms with Gasteiger partial charge < -0.3 is 15.2 Å². The van der Waals surface area contributed by atoms with Gasteiger partial charge in [-0.1, -0.05) is 35.1 Å². The maximum atomic E-state index is 9.91. The van der Waals surface area contributed by atoms with Crippen LogP contribution in [0.5, 0.6) is 5.88 Å². The summed E-state index contributed by atoms with van der Waals surface area (Å²) in [4.78, 5) is 5.02. The van der Waals surface area contributed by atoms with Crippen LogP contribution in [-0.2, 0) is 4.74 Å². The quantitative estimate of drug-likeness (QED) is 0.906. The number of nitrogens with zero attached hydrogens (tertiary/aromatic N) is 1. The number of anilines is 2. The van der Waals surface area contributed by atoms with Gasteiger partial charge in [0.05, 0.1) is 22.2 Å². The molecule has 19 heavy (non-hydrogen) atoms. The molecule has 6 heteroatoms. The molecule has 0 amide bonds. The average Bonchev–Trinajstić information content (AvgIpc) is 3.01. The largest absolute Gasteiger partial charge is 0.492 e. The van der Waals surface area contributed by atoms with Crippen LogP contribution in [0.25, 0.3) is 0 Å². The minimum absolute atomic E-state index is 0.0926. The van der Waals surface area contributed by atoms with Crippen LogP contribution in [0, 0.1) is 0 Å². The number of rotatable bonds is 3. The Morgan fingerprint density at radius 3 is 3.00 bits per heavy atom. The van der Waals surface area contributed by atoms with E-state index in [1.807, 2.05) is 24.3 Å². The van der Waals surface area contributed by atoms with Crippen molar-refractivity contribution in [2.24, 2.45) is 0 Å². The molecular weight excluding hydrogens is 284 g/mol. The Morgan fingerprint density at radius 2 is 2.26 bits per heavy atom. The zero-order valence-electron chi connectivity index (χ0n) is 10.1. The second kappa shape index (κ2) is 5.36. The van der Waals surface area contributed by atoms with Gasteiger partial charge in [-0.15, -0.1) is 0 Å². The molecule has 1 fully saturated rings. The van der Waals surface area contributed by atoms with Crippen LogP contribution in [0.15, 0.2) is 24.3 Å². The highest BCUT2D eigenvalue weighted by Crippen LogP contribution is 2.39. The molecular formula is C13H13ClN2O2S. The topological polar surface area (TPSA) is 54.4 Å². The molecule has 1 unspecified atom stereocenters. The molecule has 4 nitrogen and oxygen atoms in total. The highest BCUT2D eigenvalue weighted by molar-refractivity contribution is 7.16. The van der Waals surface area contributed by atoms with Gasteiger partial charge in [0.15, 0.2) is 5.13 Å². The molecule has 2 heterocycles. The first-order valence-corrected chi connectivity index (χ1v) is 7.22. The third kappa shape index (κ3) is 2.68. The summed E-state index contributed by atoms with van der Waals surface area (Å²) in [7, 11) is 0. The van der Waals surface area contributed by atoms with Gasteiger partial charge in [-0.05, 0) is 18.6 Å². The number of aromatic nitrogens is 1. The maximum absolute atomic E-state index is 9.91. The van der Waals surface area contributed by atoms with E-state index in [1.165, 1.54) is 11.3 Å². The Balaban J connectivity index is 1.82. The zero-order chi connectivity index (χ0) is 13.2. The van der Waals surface area contributed by atoms with Crippen LogP contribution < -0.4 is 5.32 Å². The first-order chi connectivity index (χ1) is 9.24. The molecule has 100 valence electrons. The number of hydrogen-bond donors (Lipinski definition) is 2. The second-order valence-electron chi connectivity index (χ2n) is 4.37. The number of halogens is 1. The summed E-state index contributed by atoms with van der Waals surface area (Å²) >= 11 is 7.53. The molecule has 1 aliphatic heterocycles. The summed E-state index contributed by atoms with van der Waals surface area (Å²) in [6, 6.07) is 7.45. The molecule has 1 saturated heterocycles. The van der Waals surface area contributed by atoms with Crippen molar-refractivity contribution in [2.75, 3.05) is 18.5 Å². The Morgan fingerprint density at radius 1 is 1.42 bits per heavy atom. The number of thiazole rings is 1. The number of ether oxygens (including phenoxy) is 1. The third-order valence-electron chi connectivity index (χ3n) is 3.05. The number of para-hydroxylation sites is 1. The van der Waals surface area contributed by atoms with E-state index >= 15 is 0 Å². The molecule has 0 spiro atoms. The van der Waals surface area contributed by atoms with Gasteiger partial charge in [0, 0.05) is 12.5 Å². The lowest BCUT2D eigenvalue weighted by Gasteiger charge is -2.04. The summed E-state index contributed by atoms with van der Waals surface area (Å²) < 4.78 is 5.34. The number of aromatic hydroxyl groups is 1. The van der Waals surface area contributed by atoms with E-state index in [4.69, 9.17) is 16.3 Å². The lowest BCUT2D eigenvalue weighted by molar-refractivity contribution is 0.194. The van der Waals surface area contributed by atoms with E-state index in [2.05, 4.69) is 10.3 Å². The molecule has 1 atom stereocenters. The van der Waals surface area contributed by atoms with Crippen LogP contribution in [-0.4, -0.2) is 23.3 Å². The standard InChI is InChI=1S/C13H13ClN2O2S/c14-9-3-1-2-4-10(9)15-13-16-12(17)11(19-13)8-5-6-18-7-8/h1-4,8,17H,5-7H2,(H,15,16). The van der Waals surface area contributed by atoms with Crippen LogP contribution >= 0.6 is 22.9 Å². The predicted octanol–water partition coefficient (Wildman–Crippen LogP) is 3.75. The van der Waals surface area contributed by atoms with E-state index in [9.17, 15) is 5.11 Å². The molecule has 0 aliphatic carbocycles. The predicted molar refractivity (Wildman–Crippen MR) is 76.7 cm³/mol. The zero-order valence-corrected chi connectivity index (χ0v) is 11.7. The van der Waals surface area contributed by atoms with Gasteiger partial charge >= 0.3 is 0 Å².